The molecule has 26 heavy (non-hydrogen) atoms. The number of nitrogens with one attached hydrogen (secondary N) is 3. The molecule has 3 N–H and O–H groups in total. The maximum absolute atomic E-state index is 11.6. The van der Waals surface area contributed by atoms with Gasteiger partial charge in [0.1, 0.15) is 0 Å². The van der Waals surface area contributed by atoms with E-state index in [1.807, 2.05) is 6.92 Å². The average molecular weight is 392 g/mol. The molecule has 0 aliphatic rings. The summed E-state index contributed by atoms with van der Waals surface area (Å²) in [5.41, 5.74) is 0. The summed E-state index contributed by atoms with van der Waals surface area (Å²) in [7, 11) is 0. The van der Waals surface area contributed by atoms with Crippen LogP contribution in [-0.2, 0) is 19.1 Å². The van der Waals surface area contributed by atoms with Gasteiger partial charge in [-0.3, -0.25) is 9.59 Å². The summed E-state index contributed by atoms with van der Waals surface area (Å²) in [5.74, 6) is 0.593. The topological polar surface area (TPSA) is 88.7 Å². The van der Waals surface area contributed by atoms with Crippen molar-refractivity contribution in [1.82, 2.24) is 16.0 Å². The van der Waals surface area contributed by atoms with Crippen molar-refractivity contribution in [3.8, 4) is 0 Å². The quantitative estimate of drug-likeness (QED) is 0.171. The van der Waals surface area contributed by atoms with Crippen molar-refractivity contribution in [1.29, 1.82) is 0 Å². The van der Waals surface area contributed by atoms with Crippen LogP contribution < -0.4 is 16.0 Å². The molecule has 0 aliphatic heterocycles. The Labute approximate surface area is 163 Å². The lowest BCUT2D eigenvalue weighted by molar-refractivity contribution is -0.122. The van der Waals surface area contributed by atoms with Gasteiger partial charge in [-0.2, -0.15) is 12.6 Å². The lowest BCUT2D eigenvalue weighted by Crippen LogP contribution is -2.28. The molecule has 8 heteroatoms. The van der Waals surface area contributed by atoms with Crippen LogP contribution in [0.15, 0.2) is 0 Å². The SMILES string of the molecule is CC(C)CCNC(=O)CCOCCCNC(=O)CCOCCNC(C)S. The third-order valence-corrected chi connectivity index (χ3v) is 3.65. The van der Waals surface area contributed by atoms with Crippen molar-refractivity contribution < 1.29 is 19.1 Å². The minimum absolute atomic E-state index is 0.0231. The molecule has 0 aromatic carbocycles. The second-order valence-corrected chi connectivity index (χ2v) is 7.37. The molecule has 0 spiro atoms. The van der Waals surface area contributed by atoms with Crippen LogP contribution in [0, 0.1) is 5.92 Å². The number of hydrogen-bond donors (Lipinski definition) is 4. The van der Waals surface area contributed by atoms with Crippen LogP contribution >= 0.6 is 12.6 Å². The van der Waals surface area contributed by atoms with Gasteiger partial charge in [-0.15, -0.1) is 0 Å². The molecule has 7 nitrogen and oxygen atoms in total. The van der Waals surface area contributed by atoms with E-state index in [0.717, 1.165) is 25.9 Å². The van der Waals surface area contributed by atoms with Gasteiger partial charge < -0.3 is 25.4 Å². The van der Waals surface area contributed by atoms with Crippen LogP contribution in [0.4, 0.5) is 0 Å². The summed E-state index contributed by atoms with van der Waals surface area (Å²) in [6, 6.07) is 0. The van der Waals surface area contributed by atoms with Crippen LogP contribution in [0.25, 0.3) is 0 Å². The van der Waals surface area contributed by atoms with E-state index >= 15 is 0 Å². The smallest absolute Gasteiger partial charge is 0.222 e. The normalized spacial score (nSPS) is 12.2. The van der Waals surface area contributed by atoms with Crippen LogP contribution in [-0.4, -0.2) is 63.3 Å². The lowest BCUT2D eigenvalue weighted by atomic mass is 10.1. The standard InChI is InChI=1S/C18H37N3O4S/c1-15(2)5-9-21-18(23)6-12-24-11-4-8-20-17(22)7-13-25-14-10-19-16(3)26/h15-16,19,26H,4-14H2,1-3H3,(H,20,22)(H,21,23). The van der Waals surface area contributed by atoms with Gasteiger partial charge in [0.15, 0.2) is 0 Å². The second kappa shape index (κ2) is 17.6. The number of hydrogen-bond acceptors (Lipinski definition) is 6. The minimum atomic E-state index is -0.0231. The molecule has 0 saturated heterocycles. The van der Waals surface area contributed by atoms with Gasteiger partial charge in [0.2, 0.25) is 11.8 Å². The number of rotatable bonds is 17. The zero-order valence-electron chi connectivity index (χ0n) is 16.5. The first-order valence-electron chi connectivity index (χ1n) is 9.52. The zero-order valence-corrected chi connectivity index (χ0v) is 17.4. The van der Waals surface area contributed by atoms with Crippen molar-refractivity contribution >= 4 is 24.4 Å². The molecule has 0 radical (unpaired) electrons. The van der Waals surface area contributed by atoms with E-state index in [-0.39, 0.29) is 17.2 Å². The fourth-order valence-electron chi connectivity index (χ4n) is 1.95. The third kappa shape index (κ3) is 19.5. The highest BCUT2D eigenvalue weighted by Gasteiger charge is 2.03. The van der Waals surface area contributed by atoms with E-state index in [0.29, 0.717) is 51.7 Å². The predicted octanol–water partition coefficient (Wildman–Crippen LogP) is 1.33. The first-order chi connectivity index (χ1) is 12.4. The third-order valence-electron chi connectivity index (χ3n) is 3.46. The molecule has 2 amide bonds. The van der Waals surface area contributed by atoms with E-state index in [2.05, 4.69) is 42.4 Å². The maximum Gasteiger partial charge on any atom is 0.222 e. The molecule has 154 valence electrons. The van der Waals surface area contributed by atoms with Gasteiger partial charge in [-0.05, 0) is 25.7 Å². The molecule has 0 bridgehead atoms. The minimum Gasteiger partial charge on any atom is -0.381 e. The van der Waals surface area contributed by atoms with Crippen molar-refractivity contribution in [2.75, 3.05) is 46.1 Å². The highest BCUT2D eigenvalue weighted by atomic mass is 32.1. The Morgan fingerprint density at radius 3 is 2.00 bits per heavy atom. The highest BCUT2D eigenvalue weighted by Crippen LogP contribution is 1.96. The van der Waals surface area contributed by atoms with Crippen LogP contribution in [0.5, 0.6) is 0 Å². The maximum atomic E-state index is 11.6. The molecule has 0 saturated carbocycles. The Hall–Kier alpha value is -0.830. The summed E-state index contributed by atoms with van der Waals surface area (Å²) in [6.07, 6.45) is 2.45. The first-order valence-corrected chi connectivity index (χ1v) is 10.0. The van der Waals surface area contributed by atoms with E-state index in [1.165, 1.54) is 0 Å². The number of ether oxygens (including phenoxy) is 2. The average Bonchev–Trinajstić information content (AvgIpc) is 2.56. The molecule has 0 heterocycles. The largest absolute Gasteiger partial charge is 0.381 e. The van der Waals surface area contributed by atoms with Crippen LogP contribution in [0.3, 0.4) is 0 Å². The fraction of sp³-hybridized carbons (Fsp3) is 0.889. The molecule has 0 rings (SSSR count). The van der Waals surface area contributed by atoms with Gasteiger partial charge in [0.05, 0.1) is 19.8 Å². The van der Waals surface area contributed by atoms with Crippen LogP contribution in [0.1, 0.15) is 46.5 Å². The molecular formula is C18H37N3O4S. The van der Waals surface area contributed by atoms with Crippen LogP contribution in [0.2, 0.25) is 0 Å². The number of amides is 2. The monoisotopic (exact) mass is 391 g/mol. The van der Waals surface area contributed by atoms with Gasteiger partial charge in [-0.25, -0.2) is 0 Å². The van der Waals surface area contributed by atoms with Gasteiger partial charge in [0.25, 0.3) is 0 Å². The lowest BCUT2D eigenvalue weighted by Gasteiger charge is -2.09. The Bertz CT molecular complexity index is 368. The summed E-state index contributed by atoms with van der Waals surface area (Å²) in [5, 5.41) is 8.95. The summed E-state index contributed by atoms with van der Waals surface area (Å²) >= 11 is 4.19. The molecule has 0 aliphatic carbocycles. The van der Waals surface area contributed by atoms with Gasteiger partial charge in [-0.1, -0.05) is 13.8 Å². The summed E-state index contributed by atoms with van der Waals surface area (Å²) in [6.45, 7) is 10.1. The molecule has 1 atom stereocenters. The molecular weight excluding hydrogens is 354 g/mol. The zero-order chi connectivity index (χ0) is 19.6. The summed E-state index contributed by atoms with van der Waals surface area (Å²) in [4.78, 5) is 23.1. The van der Waals surface area contributed by atoms with Crippen molar-refractivity contribution in [2.24, 2.45) is 5.92 Å². The van der Waals surface area contributed by atoms with Crippen molar-refractivity contribution in [2.45, 2.75) is 51.8 Å². The van der Waals surface area contributed by atoms with Crippen molar-refractivity contribution in [3.63, 3.8) is 0 Å². The second-order valence-electron chi connectivity index (χ2n) is 6.59. The fourth-order valence-corrected chi connectivity index (χ4v) is 2.08. The Morgan fingerprint density at radius 1 is 0.846 bits per heavy atom. The first kappa shape index (κ1) is 25.2. The Balaban J connectivity index is 3.31. The Morgan fingerprint density at radius 2 is 1.42 bits per heavy atom. The van der Waals surface area contributed by atoms with E-state index in [4.69, 9.17) is 9.47 Å². The van der Waals surface area contributed by atoms with E-state index in [1.54, 1.807) is 0 Å². The molecule has 1 unspecified atom stereocenters. The number of thiol groups is 1. The van der Waals surface area contributed by atoms with Gasteiger partial charge in [0, 0.05) is 44.5 Å². The van der Waals surface area contributed by atoms with E-state index < -0.39 is 0 Å². The number of carbonyl (C=O) groups is 2. The molecule has 0 fully saturated rings. The van der Waals surface area contributed by atoms with Gasteiger partial charge >= 0.3 is 0 Å². The van der Waals surface area contributed by atoms with E-state index in [9.17, 15) is 9.59 Å². The number of carbonyl (C=O) groups excluding carboxylic acids is 2. The molecule has 0 aromatic rings. The molecule has 0 aromatic heterocycles. The summed E-state index contributed by atoms with van der Waals surface area (Å²) < 4.78 is 10.8. The highest BCUT2D eigenvalue weighted by molar-refractivity contribution is 7.80. The Kier molecular flexibility index (Phi) is 17.0. The van der Waals surface area contributed by atoms with Crippen molar-refractivity contribution in [3.05, 3.63) is 0 Å². The predicted molar refractivity (Wildman–Crippen MR) is 107 cm³/mol.